The van der Waals surface area contributed by atoms with E-state index < -0.39 is 0 Å². The zero-order valence-corrected chi connectivity index (χ0v) is 13.6. The van der Waals surface area contributed by atoms with Crippen LogP contribution in [0.4, 0.5) is 5.69 Å². The van der Waals surface area contributed by atoms with Crippen molar-refractivity contribution in [2.45, 2.75) is 17.7 Å². The molecule has 2 aromatic carbocycles. The first kappa shape index (κ1) is 15.0. The number of fused-ring (bicyclic) bond motifs is 1. The van der Waals surface area contributed by atoms with Crippen molar-refractivity contribution in [3.63, 3.8) is 0 Å². The zero-order chi connectivity index (χ0) is 15.5. The minimum Gasteiger partial charge on any atom is -0.378 e. The SMILES string of the molecule is O=C1CNc2ccc(C(=O)C(Br)Cc3ccccc3)cc2C1. The van der Waals surface area contributed by atoms with Crippen molar-refractivity contribution >= 4 is 33.2 Å². The molecule has 0 bridgehead atoms. The van der Waals surface area contributed by atoms with Crippen molar-refractivity contribution in [3.05, 3.63) is 65.2 Å². The molecule has 3 nitrogen and oxygen atoms in total. The molecule has 1 aliphatic heterocycles. The number of Topliss-reactive ketones (excluding diaryl/α,β-unsaturated/α-hetero) is 2. The van der Waals surface area contributed by atoms with Crippen LogP contribution in [0, 0.1) is 0 Å². The van der Waals surface area contributed by atoms with Gasteiger partial charge in [-0.05, 0) is 35.7 Å². The molecule has 1 aliphatic rings. The third-order valence-electron chi connectivity index (χ3n) is 3.80. The lowest BCUT2D eigenvalue weighted by atomic mass is 9.96. The number of alkyl halides is 1. The van der Waals surface area contributed by atoms with Gasteiger partial charge in [-0.1, -0.05) is 46.3 Å². The number of carbonyl (C=O) groups excluding carboxylic acids is 2. The van der Waals surface area contributed by atoms with Crippen molar-refractivity contribution < 1.29 is 9.59 Å². The van der Waals surface area contributed by atoms with Crippen molar-refractivity contribution in [3.8, 4) is 0 Å². The lowest BCUT2D eigenvalue weighted by molar-refractivity contribution is -0.117. The van der Waals surface area contributed by atoms with Crippen LogP contribution >= 0.6 is 15.9 Å². The smallest absolute Gasteiger partial charge is 0.176 e. The Balaban J connectivity index is 1.77. The van der Waals surface area contributed by atoms with E-state index in [0.717, 1.165) is 16.8 Å². The highest BCUT2D eigenvalue weighted by atomic mass is 79.9. The molecule has 0 saturated heterocycles. The standard InChI is InChI=1S/C18H16BrNO2/c19-16(8-12-4-2-1-3-5-12)18(22)13-6-7-17-14(9-13)10-15(21)11-20-17/h1-7,9,16,20H,8,10-11H2. The fourth-order valence-electron chi connectivity index (χ4n) is 2.63. The van der Waals surface area contributed by atoms with Gasteiger partial charge in [-0.2, -0.15) is 0 Å². The summed E-state index contributed by atoms with van der Waals surface area (Å²) in [5.41, 5.74) is 3.62. The van der Waals surface area contributed by atoms with Gasteiger partial charge in [0.1, 0.15) is 0 Å². The molecule has 1 N–H and O–H groups in total. The third-order valence-corrected chi connectivity index (χ3v) is 4.54. The number of ketones is 2. The van der Waals surface area contributed by atoms with E-state index in [1.807, 2.05) is 48.5 Å². The summed E-state index contributed by atoms with van der Waals surface area (Å²) in [7, 11) is 0. The molecule has 0 aliphatic carbocycles. The molecule has 112 valence electrons. The zero-order valence-electron chi connectivity index (χ0n) is 12.0. The van der Waals surface area contributed by atoms with Gasteiger partial charge in [-0.3, -0.25) is 9.59 Å². The highest BCUT2D eigenvalue weighted by Crippen LogP contribution is 2.24. The highest BCUT2D eigenvalue weighted by molar-refractivity contribution is 9.10. The summed E-state index contributed by atoms with van der Waals surface area (Å²) >= 11 is 3.49. The van der Waals surface area contributed by atoms with Gasteiger partial charge in [0.25, 0.3) is 0 Å². The van der Waals surface area contributed by atoms with Crippen LogP contribution in [0.1, 0.15) is 21.5 Å². The number of benzene rings is 2. The third kappa shape index (κ3) is 3.28. The topological polar surface area (TPSA) is 46.2 Å². The first-order valence-corrected chi connectivity index (χ1v) is 8.16. The van der Waals surface area contributed by atoms with Crippen LogP contribution in [0.3, 0.4) is 0 Å². The molecule has 0 saturated carbocycles. The lowest BCUT2D eigenvalue weighted by Gasteiger charge is -2.18. The van der Waals surface area contributed by atoms with Gasteiger partial charge >= 0.3 is 0 Å². The molecule has 0 fully saturated rings. The molecule has 3 rings (SSSR count). The summed E-state index contributed by atoms with van der Waals surface area (Å²) in [6, 6.07) is 15.5. The average molecular weight is 358 g/mol. The molecule has 2 aromatic rings. The molecule has 1 unspecified atom stereocenters. The number of carbonyl (C=O) groups is 2. The second-order valence-corrected chi connectivity index (χ2v) is 6.57. The number of halogens is 1. The molecular weight excluding hydrogens is 342 g/mol. The fourth-order valence-corrected chi connectivity index (χ4v) is 3.27. The molecule has 1 atom stereocenters. The van der Waals surface area contributed by atoms with Crippen molar-refractivity contribution in [1.82, 2.24) is 0 Å². The normalized spacial score (nSPS) is 14.9. The van der Waals surface area contributed by atoms with Gasteiger partial charge in [0, 0.05) is 17.7 Å². The van der Waals surface area contributed by atoms with Crippen molar-refractivity contribution in [1.29, 1.82) is 0 Å². The molecule has 0 amide bonds. The minimum absolute atomic E-state index is 0.0460. The predicted molar refractivity (Wildman–Crippen MR) is 90.8 cm³/mol. The Labute approximate surface area is 137 Å². The van der Waals surface area contributed by atoms with Crippen LogP contribution in [0.5, 0.6) is 0 Å². The van der Waals surface area contributed by atoms with E-state index in [1.165, 1.54) is 0 Å². The molecule has 22 heavy (non-hydrogen) atoms. The van der Waals surface area contributed by atoms with E-state index in [4.69, 9.17) is 0 Å². The molecule has 0 spiro atoms. The minimum atomic E-state index is -0.264. The van der Waals surface area contributed by atoms with Gasteiger partial charge in [-0.15, -0.1) is 0 Å². The van der Waals surface area contributed by atoms with Crippen LogP contribution in [0.2, 0.25) is 0 Å². The summed E-state index contributed by atoms with van der Waals surface area (Å²) in [5.74, 6) is 0.196. The quantitative estimate of drug-likeness (QED) is 0.673. The summed E-state index contributed by atoms with van der Waals surface area (Å²) in [5, 5.41) is 3.08. The van der Waals surface area contributed by atoms with Crippen LogP contribution < -0.4 is 5.32 Å². The maximum absolute atomic E-state index is 12.6. The van der Waals surface area contributed by atoms with E-state index in [2.05, 4.69) is 21.2 Å². The Hall–Kier alpha value is -1.94. The molecule has 0 radical (unpaired) electrons. The van der Waals surface area contributed by atoms with E-state index >= 15 is 0 Å². The Morgan fingerprint density at radius 2 is 1.95 bits per heavy atom. The van der Waals surface area contributed by atoms with E-state index in [9.17, 15) is 9.59 Å². The Morgan fingerprint density at radius 1 is 1.18 bits per heavy atom. The molecule has 1 heterocycles. The van der Waals surface area contributed by atoms with Gasteiger partial charge in [0.15, 0.2) is 11.6 Å². The van der Waals surface area contributed by atoms with E-state index in [1.54, 1.807) is 0 Å². The second kappa shape index (κ2) is 6.44. The Bertz CT molecular complexity index is 712. The fraction of sp³-hybridized carbons (Fsp3) is 0.222. The van der Waals surface area contributed by atoms with Gasteiger partial charge in [0.2, 0.25) is 0 Å². The largest absolute Gasteiger partial charge is 0.378 e. The Kier molecular flexibility index (Phi) is 4.39. The molecule has 4 heteroatoms. The number of anilines is 1. The lowest BCUT2D eigenvalue weighted by Crippen LogP contribution is -2.23. The average Bonchev–Trinajstić information content (AvgIpc) is 2.54. The van der Waals surface area contributed by atoms with Gasteiger partial charge < -0.3 is 5.32 Å². The number of nitrogens with one attached hydrogen (secondary N) is 1. The Morgan fingerprint density at radius 3 is 2.73 bits per heavy atom. The first-order chi connectivity index (χ1) is 10.6. The highest BCUT2D eigenvalue weighted by Gasteiger charge is 2.21. The van der Waals surface area contributed by atoms with E-state index in [-0.39, 0.29) is 16.4 Å². The maximum Gasteiger partial charge on any atom is 0.176 e. The summed E-state index contributed by atoms with van der Waals surface area (Å²) in [4.78, 5) is 23.8. The maximum atomic E-state index is 12.6. The summed E-state index contributed by atoms with van der Waals surface area (Å²) in [6.07, 6.45) is 1.04. The number of hydrogen-bond acceptors (Lipinski definition) is 3. The predicted octanol–water partition coefficient (Wildman–Crippen LogP) is 3.41. The van der Waals surface area contributed by atoms with Crippen molar-refractivity contribution in [2.24, 2.45) is 0 Å². The van der Waals surface area contributed by atoms with Gasteiger partial charge in [0.05, 0.1) is 11.4 Å². The van der Waals surface area contributed by atoms with Crippen LogP contribution in [0.15, 0.2) is 48.5 Å². The van der Waals surface area contributed by atoms with Gasteiger partial charge in [-0.25, -0.2) is 0 Å². The van der Waals surface area contributed by atoms with Crippen LogP contribution in [0.25, 0.3) is 0 Å². The summed E-state index contributed by atoms with van der Waals surface area (Å²) < 4.78 is 0. The van der Waals surface area contributed by atoms with Crippen molar-refractivity contribution in [2.75, 3.05) is 11.9 Å². The van der Waals surface area contributed by atoms with Crippen LogP contribution in [-0.4, -0.2) is 22.9 Å². The van der Waals surface area contributed by atoms with Crippen LogP contribution in [-0.2, 0) is 17.6 Å². The second-order valence-electron chi connectivity index (χ2n) is 5.46. The molecular formula is C18H16BrNO2. The monoisotopic (exact) mass is 357 g/mol. The van der Waals surface area contributed by atoms with E-state index in [0.29, 0.717) is 24.9 Å². The summed E-state index contributed by atoms with van der Waals surface area (Å²) in [6.45, 7) is 0.370. The molecule has 0 aromatic heterocycles. The first-order valence-electron chi connectivity index (χ1n) is 7.24. The number of rotatable bonds is 4. The number of hydrogen-bond donors (Lipinski definition) is 1.